The number of benzene rings is 1. The average Bonchev–Trinajstić information content (AvgIpc) is 2.95. The molecule has 0 aliphatic rings. The molecule has 0 unspecified atom stereocenters. The van der Waals surface area contributed by atoms with Crippen LogP contribution in [0.15, 0.2) is 27.8 Å². The zero-order chi connectivity index (χ0) is 15.2. The Bertz CT molecular complexity index is 691. The number of carbonyl (C=O) groups is 1. The van der Waals surface area contributed by atoms with Gasteiger partial charge in [-0.3, -0.25) is 0 Å². The molecular weight excluding hydrogens is 290 g/mol. The molecule has 0 saturated carbocycles. The minimum atomic E-state index is -0.619. The summed E-state index contributed by atoms with van der Waals surface area (Å²) in [6.07, 6.45) is 0. The minimum Gasteiger partial charge on any atom is -0.459 e. The van der Waals surface area contributed by atoms with Gasteiger partial charge in [-0.1, -0.05) is 22.9 Å². The Morgan fingerprint density at radius 1 is 1.48 bits per heavy atom. The number of rotatable bonds is 5. The molecule has 1 aromatic carbocycles. The van der Waals surface area contributed by atoms with Crippen molar-refractivity contribution in [3.63, 3.8) is 0 Å². The van der Waals surface area contributed by atoms with Gasteiger partial charge in [0.25, 0.3) is 5.22 Å². The first kappa shape index (κ1) is 15.1. The van der Waals surface area contributed by atoms with Gasteiger partial charge in [0.2, 0.25) is 0 Å². The minimum absolute atomic E-state index is 0.143. The number of aryl methyl sites for hydroxylation is 1. The van der Waals surface area contributed by atoms with E-state index in [1.165, 1.54) is 11.8 Å². The van der Waals surface area contributed by atoms with Crippen LogP contribution in [0.4, 0.5) is 0 Å². The monoisotopic (exact) mass is 303 g/mol. The van der Waals surface area contributed by atoms with E-state index in [9.17, 15) is 4.79 Å². The summed E-state index contributed by atoms with van der Waals surface area (Å²) in [6, 6.07) is 7.58. The molecule has 0 spiro atoms. The summed E-state index contributed by atoms with van der Waals surface area (Å²) in [5, 5.41) is 16.6. The molecule has 1 aromatic heterocycles. The molecule has 0 saturated heterocycles. The van der Waals surface area contributed by atoms with Gasteiger partial charge in [0, 0.05) is 5.75 Å². The average molecular weight is 303 g/mol. The van der Waals surface area contributed by atoms with Gasteiger partial charge in [0.05, 0.1) is 18.2 Å². The lowest BCUT2D eigenvalue weighted by molar-refractivity contribution is 0.0475. The Hall–Kier alpha value is -2.33. The lowest BCUT2D eigenvalue weighted by Crippen LogP contribution is -2.04. The molecule has 0 fully saturated rings. The summed E-state index contributed by atoms with van der Waals surface area (Å²) in [6.45, 7) is 3.90. The molecule has 7 heteroatoms. The van der Waals surface area contributed by atoms with Gasteiger partial charge in [0.15, 0.2) is 0 Å². The number of thioether (sulfide) groups is 1. The smallest absolute Gasteiger partial charge is 0.396 e. The molecule has 21 heavy (non-hydrogen) atoms. The third-order valence-corrected chi connectivity index (χ3v) is 3.55. The van der Waals surface area contributed by atoms with Gasteiger partial charge in [0.1, 0.15) is 0 Å². The third kappa shape index (κ3) is 3.83. The predicted octanol–water partition coefficient (Wildman–Crippen LogP) is 2.72. The third-order valence-electron chi connectivity index (χ3n) is 2.68. The molecule has 0 bridgehead atoms. The summed E-state index contributed by atoms with van der Waals surface area (Å²) in [5.74, 6) is -0.149. The van der Waals surface area contributed by atoms with Crippen molar-refractivity contribution < 1.29 is 13.9 Å². The fourth-order valence-electron chi connectivity index (χ4n) is 1.61. The van der Waals surface area contributed by atoms with E-state index in [4.69, 9.17) is 14.4 Å². The van der Waals surface area contributed by atoms with Gasteiger partial charge in [-0.2, -0.15) is 5.26 Å². The van der Waals surface area contributed by atoms with Crippen LogP contribution in [0.25, 0.3) is 0 Å². The summed E-state index contributed by atoms with van der Waals surface area (Å²) in [5.41, 5.74) is 2.71. The summed E-state index contributed by atoms with van der Waals surface area (Å²) >= 11 is 1.33. The van der Waals surface area contributed by atoms with E-state index in [0.717, 1.165) is 11.1 Å². The number of nitriles is 1. The van der Waals surface area contributed by atoms with Crippen molar-refractivity contribution in [1.29, 1.82) is 5.26 Å². The summed E-state index contributed by atoms with van der Waals surface area (Å²) < 4.78 is 9.99. The number of hydrogen-bond acceptors (Lipinski definition) is 7. The zero-order valence-electron chi connectivity index (χ0n) is 11.6. The number of aromatic nitrogens is 2. The fraction of sp³-hybridized carbons (Fsp3) is 0.286. The van der Waals surface area contributed by atoms with E-state index >= 15 is 0 Å². The quantitative estimate of drug-likeness (QED) is 0.619. The maximum Gasteiger partial charge on any atom is 0.396 e. The zero-order valence-corrected chi connectivity index (χ0v) is 12.4. The van der Waals surface area contributed by atoms with Crippen molar-refractivity contribution in [1.82, 2.24) is 10.2 Å². The van der Waals surface area contributed by atoms with Crippen molar-refractivity contribution in [2.24, 2.45) is 0 Å². The van der Waals surface area contributed by atoms with Crippen molar-refractivity contribution in [3.05, 3.63) is 40.8 Å². The summed E-state index contributed by atoms with van der Waals surface area (Å²) in [7, 11) is 0. The molecule has 0 N–H and O–H groups in total. The lowest BCUT2D eigenvalue weighted by atomic mass is 10.1. The summed E-state index contributed by atoms with van der Waals surface area (Å²) in [4.78, 5) is 11.4. The van der Waals surface area contributed by atoms with Crippen molar-refractivity contribution in [2.75, 3.05) is 6.61 Å². The molecule has 108 valence electrons. The van der Waals surface area contributed by atoms with E-state index in [1.54, 1.807) is 13.0 Å². The molecule has 6 nitrogen and oxygen atoms in total. The van der Waals surface area contributed by atoms with Gasteiger partial charge in [-0.15, -0.1) is 5.10 Å². The Kier molecular flexibility index (Phi) is 4.95. The largest absolute Gasteiger partial charge is 0.459 e. The van der Waals surface area contributed by atoms with E-state index in [-0.39, 0.29) is 12.5 Å². The van der Waals surface area contributed by atoms with Crippen LogP contribution in [0, 0.1) is 18.3 Å². The predicted molar refractivity (Wildman–Crippen MR) is 75.7 cm³/mol. The Morgan fingerprint density at radius 2 is 2.29 bits per heavy atom. The van der Waals surface area contributed by atoms with Crippen molar-refractivity contribution in [3.8, 4) is 6.07 Å². The molecule has 2 aromatic rings. The van der Waals surface area contributed by atoms with Crippen LogP contribution in [0.3, 0.4) is 0 Å². The van der Waals surface area contributed by atoms with Crippen LogP contribution >= 0.6 is 11.8 Å². The van der Waals surface area contributed by atoms with Gasteiger partial charge in [-0.25, -0.2) is 4.79 Å². The van der Waals surface area contributed by atoms with Crippen LogP contribution in [0.2, 0.25) is 0 Å². The van der Waals surface area contributed by atoms with Crippen LogP contribution in [-0.2, 0) is 10.5 Å². The van der Waals surface area contributed by atoms with Crippen molar-refractivity contribution in [2.45, 2.75) is 24.8 Å². The Morgan fingerprint density at radius 3 is 2.95 bits per heavy atom. The number of carbonyl (C=O) groups excluding carboxylic acids is 1. The first-order valence-corrected chi connectivity index (χ1v) is 7.25. The molecule has 0 radical (unpaired) electrons. The normalized spacial score (nSPS) is 10.1. The lowest BCUT2D eigenvalue weighted by Gasteiger charge is -2.03. The Labute approximate surface area is 126 Å². The first-order valence-electron chi connectivity index (χ1n) is 6.27. The number of nitrogens with zero attached hydrogens (tertiary/aromatic N) is 3. The molecule has 0 aliphatic carbocycles. The van der Waals surface area contributed by atoms with Crippen LogP contribution in [-0.4, -0.2) is 22.8 Å². The van der Waals surface area contributed by atoms with Crippen LogP contribution < -0.4 is 0 Å². The highest BCUT2D eigenvalue weighted by Gasteiger charge is 2.16. The van der Waals surface area contributed by atoms with Gasteiger partial charge in [-0.05, 0) is 37.1 Å². The van der Waals surface area contributed by atoms with E-state index in [1.807, 2.05) is 19.1 Å². The van der Waals surface area contributed by atoms with E-state index < -0.39 is 5.97 Å². The molecule has 0 atom stereocenters. The second-order valence-electron chi connectivity index (χ2n) is 4.14. The van der Waals surface area contributed by atoms with Crippen LogP contribution in [0.5, 0.6) is 0 Å². The second-order valence-corrected chi connectivity index (χ2v) is 5.06. The highest BCUT2D eigenvalue weighted by atomic mass is 32.2. The highest BCUT2D eigenvalue weighted by Crippen LogP contribution is 2.23. The maximum absolute atomic E-state index is 11.4. The van der Waals surface area contributed by atoms with E-state index in [2.05, 4.69) is 16.3 Å². The molecule has 0 aliphatic heterocycles. The van der Waals surface area contributed by atoms with Crippen LogP contribution in [0.1, 0.15) is 34.3 Å². The number of ether oxygens (including phenoxy) is 1. The van der Waals surface area contributed by atoms with Crippen molar-refractivity contribution >= 4 is 17.7 Å². The maximum atomic E-state index is 11.4. The standard InChI is InChI=1S/C14H13N3O3S/c1-3-19-13(18)12-16-17-14(20-12)21-8-11-5-4-10(7-15)6-9(11)2/h4-6H,3,8H2,1-2H3. The van der Waals surface area contributed by atoms with Gasteiger partial charge < -0.3 is 9.15 Å². The first-order chi connectivity index (χ1) is 10.1. The van der Waals surface area contributed by atoms with Gasteiger partial charge >= 0.3 is 11.9 Å². The number of hydrogen-bond donors (Lipinski definition) is 0. The molecular formula is C14H13N3O3S. The topological polar surface area (TPSA) is 89.0 Å². The van der Waals surface area contributed by atoms with E-state index in [0.29, 0.717) is 16.5 Å². The number of esters is 1. The second kappa shape index (κ2) is 6.90. The molecule has 0 amide bonds. The molecule has 1 heterocycles. The fourth-order valence-corrected chi connectivity index (χ4v) is 2.45. The molecule has 2 rings (SSSR count). The Balaban J connectivity index is 2.00. The highest BCUT2D eigenvalue weighted by molar-refractivity contribution is 7.98. The SMILES string of the molecule is CCOC(=O)c1nnc(SCc2ccc(C#N)cc2C)o1.